The van der Waals surface area contributed by atoms with Gasteiger partial charge in [0.15, 0.2) is 5.96 Å². The van der Waals surface area contributed by atoms with Gasteiger partial charge in [-0.3, -0.25) is 19.4 Å². The number of aryl methyl sites for hydroxylation is 1. The van der Waals surface area contributed by atoms with E-state index in [9.17, 15) is 14.4 Å². The molecule has 186 valence electrons. The molecule has 0 spiro atoms. The van der Waals surface area contributed by atoms with Gasteiger partial charge in [-0.2, -0.15) is 0 Å². The Morgan fingerprint density at radius 2 is 1.66 bits per heavy atom. The van der Waals surface area contributed by atoms with E-state index in [1.165, 1.54) is 0 Å². The minimum Gasteiger partial charge on any atom is -0.481 e. The maximum Gasteiger partial charge on any atom is 0.303 e. The lowest BCUT2D eigenvalue weighted by atomic mass is 10.1. The Labute approximate surface area is 203 Å². The van der Waals surface area contributed by atoms with Crippen LogP contribution in [0.4, 0.5) is 11.4 Å². The number of aliphatic carboxylic acids is 1. The monoisotopic (exact) mass is 481 g/mol. The highest BCUT2D eigenvalue weighted by Crippen LogP contribution is 2.31. The van der Waals surface area contributed by atoms with E-state index < -0.39 is 17.9 Å². The first kappa shape index (κ1) is 27.0. The van der Waals surface area contributed by atoms with Crippen LogP contribution in [0.5, 0.6) is 0 Å². The summed E-state index contributed by atoms with van der Waals surface area (Å²) in [6, 6.07) is 14.1. The number of guanidine groups is 1. The number of carboxylic acid groups (broad SMARTS) is 1. The summed E-state index contributed by atoms with van der Waals surface area (Å²) in [5.74, 6) is -1.38. The summed E-state index contributed by atoms with van der Waals surface area (Å²) >= 11 is 0. The predicted molar refractivity (Wildman–Crippen MR) is 135 cm³/mol. The van der Waals surface area contributed by atoms with Crippen molar-refractivity contribution in [1.82, 2.24) is 0 Å². The second-order valence-electron chi connectivity index (χ2n) is 7.80. The molecule has 0 aliphatic carbocycles. The lowest BCUT2D eigenvalue weighted by Gasteiger charge is -2.06. The Kier molecular flexibility index (Phi) is 10.4. The number of carboxylic acids is 1. The molecule has 3 rings (SSSR count). The van der Waals surface area contributed by atoms with Crippen molar-refractivity contribution in [2.24, 2.45) is 32.9 Å². The number of anilines is 1. The molecule has 0 bridgehead atoms. The molecule has 1 aliphatic heterocycles. The molecule has 11 nitrogen and oxygen atoms in total. The molecule has 1 unspecified atom stereocenters. The second-order valence-corrected chi connectivity index (χ2v) is 7.80. The zero-order valence-corrected chi connectivity index (χ0v) is 19.3. The molecule has 0 fully saturated rings. The van der Waals surface area contributed by atoms with E-state index in [4.69, 9.17) is 28.0 Å². The van der Waals surface area contributed by atoms with Gasteiger partial charge in [-0.05, 0) is 43.0 Å². The highest BCUT2D eigenvalue weighted by atomic mass is 16.4. The summed E-state index contributed by atoms with van der Waals surface area (Å²) in [6.07, 6.45) is 2.44. The van der Waals surface area contributed by atoms with Crippen LogP contribution in [0.15, 0.2) is 58.5 Å². The van der Waals surface area contributed by atoms with E-state index >= 15 is 0 Å². The lowest BCUT2D eigenvalue weighted by molar-refractivity contribution is -0.137. The number of rotatable bonds is 10. The minimum absolute atomic E-state index is 0.0624. The summed E-state index contributed by atoms with van der Waals surface area (Å²) < 4.78 is 0. The average molecular weight is 482 g/mol. The van der Waals surface area contributed by atoms with Crippen molar-refractivity contribution < 1.29 is 19.5 Å². The van der Waals surface area contributed by atoms with Crippen LogP contribution in [-0.2, 0) is 20.8 Å². The molecule has 35 heavy (non-hydrogen) atoms. The van der Waals surface area contributed by atoms with Gasteiger partial charge >= 0.3 is 5.97 Å². The maximum absolute atomic E-state index is 11.7. The number of hydrogen-bond donors (Lipinski definition) is 6. The van der Waals surface area contributed by atoms with Gasteiger partial charge in [0.1, 0.15) is 5.71 Å². The van der Waals surface area contributed by atoms with Gasteiger partial charge in [0.25, 0.3) is 5.91 Å². The quantitative estimate of drug-likeness (QED) is 0.166. The smallest absolute Gasteiger partial charge is 0.303 e. The van der Waals surface area contributed by atoms with Crippen LogP contribution in [0.3, 0.4) is 0 Å². The molecule has 0 saturated carbocycles. The lowest BCUT2D eigenvalue weighted by Crippen LogP contribution is -2.31. The number of para-hydroxylation sites is 1. The van der Waals surface area contributed by atoms with Crippen molar-refractivity contribution in [2.75, 3.05) is 11.9 Å². The van der Waals surface area contributed by atoms with Crippen LogP contribution in [0.2, 0.25) is 0 Å². The summed E-state index contributed by atoms with van der Waals surface area (Å²) in [4.78, 5) is 41.0. The largest absolute Gasteiger partial charge is 0.481 e. The molecule has 2 aromatic rings. The van der Waals surface area contributed by atoms with Crippen LogP contribution in [0.25, 0.3) is 0 Å². The normalized spacial score (nSPS) is 13.5. The zero-order valence-electron chi connectivity index (χ0n) is 19.3. The molecule has 11 heteroatoms. The van der Waals surface area contributed by atoms with E-state index in [0.717, 1.165) is 23.2 Å². The Hall–Kier alpha value is -4.25. The topological polar surface area (TPSA) is 212 Å². The van der Waals surface area contributed by atoms with Crippen molar-refractivity contribution in [3.05, 3.63) is 59.7 Å². The van der Waals surface area contributed by atoms with Gasteiger partial charge in [0.05, 0.1) is 11.7 Å². The number of aliphatic imine (C=N–C) groups is 2. The third kappa shape index (κ3) is 9.26. The molecule has 1 heterocycles. The van der Waals surface area contributed by atoms with Crippen LogP contribution < -0.4 is 28.3 Å². The number of primary amides is 1. The van der Waals surface area contributed by atoms with E-state index in [0.29, 0.717) is 31.5 Å². The summed E-state index contributed by atoms with van der Waals surface area (Å²) in [7, 11) is 0. The molecule has 0 radical (unpaired) electrons. The third-order valence-corrected chi connectivity index (χ3v) is 5.03. The number of carbonyl (C=O) groups excluding carboxylic acids is 2. The van der Waals surface area contributed by atoms with E-state index in [1.807, 2.05) is 36.4 Å². The van der Waals surface area contributed by atoms with Crippen LogP contribution in [0.1, 0.15) is 42.9 Å². The van der Waals surface area contributed by atoms with E-state index in [2.05, 4.69) is 15.3 Å². The Balaban J connectivity index is 0.000000279. The summed E-state index contributed by atoms with van der Waals surface area (Å²) in [6.45, 7) is 0.522. The Morgan fingerprint density at radius 1 is 0.971 bits per heavy atom. The fourth-order valence-electron chi connectivity index (χ4n) is 3.24. The second kappa shape index (κ2) is 13.5. The molecule has 0 aromatic heterocycles. The van der Waals surface area contributed by atoms with Gasteiger partial charge in [-0.1, -0.05) is 30.3 Å². The van der Waals surface area contributed by atoms with Crippen LogP contribution in [-0.4, -0.2) is 41.1 Å². The van der Waals surface area contributed by atoms with Gasteiger partial charge in [0.2, 0.25) is 5.91 Å². The molecule has 2 amide bonds. The molecule has 1 atom stereocenters. The molecule has 10 N–H and O–H groups in total. The Bertz CT molecular complexity index is 1090. The van der Waals surface area contributed by atoms with Gasteiger partial charge in [-0.25, -0.2) is 4.99 Å². The van der Waals surface area contributed by atoms with Gasteiger partial charge < -0.3 is 33.4 Å². The number of nitrogens with one attached hydrogen (secondary N) is 1. The van der Waals surface area contributed by atoms with Crippen molar-refractivity contribution >= 4 is 40.8 Å². The molecule has 1 aliphatic rings. The average Bonchev–Trinajstić information content (AvgIpc) is 3.15. The predicted octanol–water partition coefficient (Wildman–Crippen LogP) is 1.34. The first-order chi connectivity index (χ1) is 16.7. The zero-order chi connectivity index (χ0) is 25.8. The Morgan fingerprint density at radius 3 is 2.26 bits per heavy atom. The fraction of sp³-hybridized carbons (Fsp3) is 0.292. The number of carbonyl (C=O) groups is 3. The van der Waals surface area contributed by atoms with Gasteiger partial charge in [0, 0.05) is 30.6 Å². The molecule has 2 aromatic carbocycles. The first-order valence-corrected chi connectivity index (χ1v) is 11.1. The number of nitrogens with zero attached hydrogens (tertiary/aromatic N) is 2. The SMILES string of the molecule is NC(=O)C1=Nc2ccccc2C1N.NC(N)=NCCCCC(=O)Nc1ccc(CCC(=O)O)cc1. The third-order valence-electron chi connectivity index (χ3n) is 5.03. The number of unbranched alkanes of at least 4 members (excludes halogenated alkanes) is 1. The first-order valence-electron chi connectivity index (χ1n) is 11.1. The number of amides is 2. The highest BCUT2D eigenvalue weighted by molar-refractivity contribution is 6.41. The van der Waals surface area contributed by atoms with Crippen LogP contribution in [0, 0.1) is 0 Å². The number of nitrogens with two attached hydrogens (primary N) is 4. The number of benzene rings is 2. The minimum atomic E-state index is -0.821. The van der Waals surface area contributed by atoms with E-state index in [-0.39, 0.29) is 24.0 Å². The maximum atomic E-state index is 11.7. The van der Waals surface area contributed by atoms with Crippen molar-refractivity contribution in [3.63, 3.8) is 0 Å². The standard InChI is InChI=1S/C15H22N4O3.C9H9N3O/c16-15(17)18-10-2-1-3-13(20)19-12-7-4-11(5-8-12)6-9-14(21)22;10-7-5-3-1-2-4-6(5)12-8(7)9(11)13/h4-5,7-8H,1-3,6,9-10H2,(H,19,20)(H,21,22)(H4,16,17,18);1-4,7H,10H2,(H2,11,13). The van der Waals surface area contributed by atoms with Crippen LogP contribution >= 0.6 is 0 Å². The molecular formula is C24H31N7O4. The van der Waals surface area contributed by atoms with Gasteiger partial charge in [-0.15, -0.1) is 0 Å². The highest BCUT2D eigenvalue weighted by Gasteiger charge is 2.26. The van der Waals surface area contributed by atoms with Crippen molar-refractivity contribution in [2.45, 2.75) is 38.1 Å². The van der Waals surface area contributed by atoms with Crippen molar-refractivity contribution in [3.8, 4) is 0 Å². The van der Waals surface area contributed by atoms with Crippen molar-refractivity contribution in [1.29, 1.82) is 0 Å². The molecule has 0 saturated heterocycles. The fourth-order valence-corrected chi connectivity index (χ4v) is 3.24. The summed E-state index contributed by atoms with van der Waals surface area (Å²) in [5.41, 5.74) is 24.7. The van der Waals surface area contributed by atoms with E-state index in [1.54, 1.807) is 12.1 Å². The summed E-state index contributed by atoms with van der Waals surface area (Å²) in [5, 5.41) is 11.4. The number of hydrogen-bond acceptors (Lipinski definition) is 6. The molecular weight excluding hydrogens is 450 g/mol. The number of fused-ring (bicyclic) bond motifs is 1.